The van der Waals surface area contributed by atoms with Crippen LogP contribution in [0.5, 0.6) is 5.88 Å². The summed E-state index contributed by atoms with van der Waals surface area (Å²) < 4.78 is 5.10. The van der Waals surface area contributed by atoms with E-state index in [0.29, 0.717) is 11.9 Å². The Labute approximate surface area is 109 Å². The molecule has 2 aromatic heterocycles. The number of nitrogens with zero attached hydrogens (tertiary/aromatic N) is 3. The van der Waals surface area contributed by atoms with Crippen LogP contribution in [0.25, 0.3) is 10.7 Å². The molecule has 1 atom stereocenters. The quantitative estimate of drug-likeness (QED) is 0.917. The van der Waals surface area contributed by atoms with Crippen LogP contribution in [0.15, 0.2) is 17.8 Å². The van der Waals surface area contributed by atoms with E-state index in [-0.39, 0.29) is 0 Å². The molecule has 2 aromatic rings. The first kappa shape index (κ1) is 11.6. The predicted molar refractivity (Wildman–Crippen MR) is 69.7 cm³/mol. The zero-order valence-electron chi connectivity index (χ0n) is 10.1. The molecule has 1 aliphatic heterocycles. The van der Waals surface area contributed by atoms with E-state index in [4.69, 9.17) is 4.74 Å². The minimum atomic E-state index is 0.402. The highest BCUT2D eigenvalue weighted by atomic mass is 32.1. The van der Waals surface area contributed by atoms with Crippen LogP contribution in [0.2, 0.25) is 0 Å². The number of ether oxygens (including phenoxy) is 1. The van der Waals surface area contributed by atoms with Gasteiger partial charge in [-0.25, -0.2) is 15.0 Å². The number of rotatable bonds is 3. The summed E-state index contributed by atoms with van der Waals surface area (Å²) in [6.07, 6.45) is 3.89. The largest absolute Gasteiger partial charge is 0.481 e. The molecule has 1 saturated heterocycles. The summed E-state index contributed by atoms with van der Waals surface area (Å²) in [5, 5.41) is 6.47. The highest BCUT2D eigenvalue weighted by Gasteiger charge is 2.19. The number of hydrogen-bond donors (Lipinski definition) is 1. The van der Waals surface area contributed by atoms with E-state index in [9.17, 15) is 0 Å². The maximum absolute atomic E-state index is 5.10. The second-order valence-corrected chi connectivity index (χ2v) is 5.03. The zero-order chi connectivity index (χ0) is 12.4. The number of nitrogens with one attached hydrogen (secondary N) is 1. The summed E-state index contributed by atoms with van der Waals surface area (Å²) in [5.74, 6) is 0.566. The highest BCUT2D eigenvalue weighted by Crippen LogP contribution is 2.29. The lowest BCUT2D eigenvalue weighted by Crippen LogP contribution is -2.12. The molecular formula is C12H14N4OS. The maximum Gasteiger partial charge on any atom is 0.216 e. The van der Waals surface area contributed by atoms with Gasteiger partial charge in [-0.3, -0.25) is 0 Å². The van der Waals surface area contributed by atoms with Gasteiger partial charge in [0.25, 0.3) is 0 Å². The maximum atomic E-state index is 5.10. The Hall–Kier alpha value is -1.53. The normalized spacial score (nSPS) is 19.1. The van der Waals surface area contributed by atoms with E-state index in [2.05, 4.69) is 25.6 Å². The Morgan fingerprint density at radius 1 is 1.44 bits per heavy atom. The standard InChI is InChI=1S/C12H14N4OS/c1-17-11-5-9(14-7-15-11)12-16-10(6-18-12)8-3-2-4-13-8/h5-8,13H,2-4H2,1H3/t8-/m0/s1. The first-order valence-electron chi connectivity index (χ1n) is 5.92. The molecule has 6 heteroatoms. The molecule has 0 saturated carbocycles. The van der Waals surface area contributed by atoms with Crippen LogP contribution in [0.3, 0.4) is 0 Å². The van der Waals surface area contributed by atoms with Crippen LogP contribution in [0, 0.1) is 0 Å². The van der Waals surface area contributed by atoms with E-state index >= 15 is 0 Å². The van der Waals surface area contributed by atoms with Crippen molar-refractivity contribution in [3.63, 3.8) is 0 Å². The molecule has 3 rings (SSSR count). The lowest BCUT2D eigenvalue weighted by Gasteiger charge is -2.05. The second kappa shape index (κ2) is 4.99. The smallest absolute Gasteiger partial charge is 0.216 e. The van der Waals surface area contributed by atoms with Crippen LogP contribution < -0.4 is 10.1 Å². The molecule has 18 heavy (non-hydrogen) atoms. The van der Waals surface area contributed by atoms with Crippen molar-refractivity contribution in [1.29, 1.82) is 0 Å². The van der Waals surface area contributed by atoms with Crippen molar-refractivity contribution in [3.8, 4) is 16.6 Å². The molecule has 1 aliphatic rings. The topological polar surface area (TPSA) is 59.9 Å². The monoisotopic (exact) mass is 262 g/mol. The predicted octanol–water partition coefficient (Wildman–Crippen LogP) is 2.03. The number of aromatic nitrogens is 3. The van der Waals surface area contributed by atoms with E-state index in [0.717, 1.165) is 29.4 Å². The van der Waals surface area contributed by atoms with Crippen molar-refractivity contribution in [2.75, 3.05) is 13.7 Å². The summed E-state index contributed by atoms with van der Waals surface area (Å²) in [5.41, 5.74) is 1.93. The van der Waals surface area contributed by atoms with E-state index in [1.54, 1.807) is 18.4 Å². The van der Waals surface area contributed by atoms with Crippen molar-refractivity contribution in [2.45, 2.75) is 18.9 Å². The SMILES string of the molecule is COc1cc(-c2nc([C@@H]3CCCN3)cs2)ncn1. The van der Waals surface area contributed by atoms with Gasteiger partial charge in [0.05, 0.1) is 18.8 Å². The number of thiazole rings is 1. The molecule has 3 heterocycles. The van der Waals surface area contributed by atoms with Crippen LogP contribution in [-0.4, -0.2) is 28.6 Å². The molecule has 5 nitrogen and oxygen atoms in total. The lowest BCUT2D eigenvalue weighted by molar-refractivity contribution is 0.397. The van der Waals surface area contributed by atoms with Gasteiger partial charge in [0.1, 0.15) is 17.0 Å². The van der Waals surface area contributed by atoms with Gasteiger partial charge in [-0.2, -0.15) is 0 Å². The highest BCUT2D eigenvalue weighted by molar-refractivity contribution is 7.13. The van der Waals surface area contributed by atoms with Crippen molar-refractivity contribution in [1.82, 2.24) is 20.3 Å². The molecule has 0 aliphatic carbocycles. The number of methoxy groups -OCH3 is 1. The molecule has 1 N–H and O–H groups in total. The van der Waals surface area contributed by atoms with Gasteiger partial charge >= 0.3 is 0 Å². The van der Waals surface area contributed by atoms with Crippen LogP contribution in [0.1, 0.15) is 24.6 Å². The van der Waals surface area contributed by atoms with Gasteiger partial charge in [-0.1, -0.05) is 0 Å². The van der Waals surface area contributed by atoms with Crippen molar-refractivity contribution >= 4 is 11.3 Å². The van der Waals surface area contributed by atoms with Crippen LogP contribution in [-0.2, 0) is 0 Å². The molecule has 0 bridgehead atoms. The summed E-state index contributed by atoms with van der Waals surface area (Å²) in [6, 6.07) is 2.21. The zero-order valence-corrected chi connectivity index (χ0v) is 10.9. The summed E-state index contributed by atoms with van der Waals surface area (Å²) in [7, 11) is 1.60. The molecule has 0 amide bonds. The van der Waals surface area contributed by atoms with Gasteiger partial charge in [0.15, 0.2) is 0 Å². The summed E-state index contributed by atoms with van der Waals surface area (Å²) in [4.78, 5) is 12.9. The van der Waals surface area contributed by atoms with Crippen molar-refractivity contribution in [3.05, 3.63) is 23.5 Å². The number of hydrogen-bond acceptors (Lipinski definition) is 6. The third kappa shape index (κ3) is 2.21. The van der Waals surface area contributed by atoms with Crippen molar-refractivity contribution in [2.24, 2.45) is 0 Å². The van der Waals surface area contributed by atoms with Gasteiger partial charge in [0, 0.05) is 11.4 Å². The fourth-order valence-corrected chi connectivity index (χ4v) is 2.91. The summed E-state index contributed by atoms with van der Waals surface area (Å²) >= 11 is 1.61. The van der Waals surface area contributed by atoms with Crippen LogP contribution >= 0.6 is 11.3 Å². The van der Waals surface area contributed by atoms with Gasteiger partial charge in [-0.05, 0) is 19.4 Å². The Morgan fingerprint density at radius 3 is 3.17 bits per heavy atom. The lowest BCUT2D eigenvalue weighted by atomic mass is 10.2. The Kier molecular flexibility index (Phi) is 3.21. The van der Waals surface area contributed by atoms with Gasteiger partial charge < -0.3 is 10.1 Å². The average molecular weight is 262 g/mol. The molecule has 0 radical (unpaired) electrons. The average Bonchev–Trinajstić information content (AvgIpc) is 3.09. The fourth-order valence-electron chi connectivity index (χ4n) is 2.07. The fraction of sp³-hybridized carbons (Fsp3) is 0.417. The third-order valence-electron chi connectivity index (χ3n) is 3.01. The molecule has 0 unspecified atom stereocenters. The minimum absolute atomic E-state index is 0.402. The Morgan fingerprint density at radius 2 is 2.39 bits per heavy atom. The Bertz CT molecular complexity index is 536. The molecule has 94 valence electrons. The summed E-state index contributed by atoms with van der Waals surface area (Å²) in [6.45, 7) is 1.08. The molecular weight excluding hydrogens is 248 g/mol. The van der Waals surface area contributed by atoms with E-state index in [1.165, 1.54) is 12.7 Å². The van der Waals surface area contributed by atoms with Crippen LogP contribution in [0.4, 0.5) is 0 Å². The molecule has 0 spiro atoms. The first-order valence-corrected chi connectivity index (χ1v) is 6.80. The Balaban J connectivity index is 1.87. The minimum Gasteiger partial charge on any atom is -0.481 e. The van der Waals surface area contributed by atoms with E-state index in [1.807, 2.05) is 6.07 Å². The molecule has 1 fully saturated rings. The van der Waals surface area contributed by atoms with Gasteiger partial charge in [-0.15, -0.1) is 11.3 Å². The second-order valence-electron chi connectivity index (χ2n) is 4.17. The van der Waals surface area contributed by atoms with Crippen molar-refractivity contribution < 1.29 is 4.74 Å². The molecule has 0 aromatic carbocycles. The van der Waals surface area contributed by atoms with E-state index < -0.39 is 0 Å². The third-order valence-corrected chi connectivity index (χ3v) is 3.89. The van der Waals surface area contributed by atoms with Gasteiger partial charge in [0.2, 0.25) is 5.88 Å². The first-order chi connectivity index (χ1) is 8.86.